The number of hydrogen-bond donors (Lipinski definition) is 1. The monoisotopic (exact) mass is 286 g/mol. The van der Waals surface area contributed by atoms with E-state index in [0.717, 1.165) is 5.69 Å². The molecule has 5 nitrogen and oxygen atoms in total. The van der Waals surface area contributed by atoms with Crippen LogP contribution in [0.1, 0.15) is 28.7 Å². The number of esters is 1. The second kappa shape index (κ2) is 6.74. The molecule has 0 aliphatic carbocycles. The van der Waals surface area contributed by atoms with Crippen molar-refractivity contribution in [1.82, 2.24) is 4.98 Å². The summed E-state index contributed by atoms with van der Waals surface area (Å²) in [5, 5.41) is 0. The van der Waals surface area contributed by atoms with Gasteiger partial charge in [0.2, 0.25) is 0 Å². The molecule has 2 aromatic rings. The first kappa shape index (κ1) is 14.8. The molecular formula is C16H18N2O3. The highest BCUT2D eigenvalue weighted by Gasteiger charge is 2.10. The Balaban J connectivity index is 2.02. The summed E-state index contributed by atoms with van der Waals surface area (Å²) in [6, 6.07) is 10.4. The van der Waals surface area contributed by atoms with Gasteiger partial charge in [0, 0.05) is 5.69 Å². The first-order valence-electron chi connectivity index (χ1n) is 6.72. The fraction of sp³-hybridized carbons (Fsp3) is 0.250. The van der Waals surface area contributed by atoms with Gasteiger partial charge >= 0.3 is 5.97 Å². The molecule has 1 aromatic heterocycles. The van der Waals surface area contributed by atoms with E-state index in [9.17, 15) is 4.79 Å². The maximum absolute atomic E-state index is 12.0. The molecule has 1 heterocycles. The van der Waals surface area contributed by atoms with E-state index in [-0.39, 0.29) is 6.61 Å². The molecule has 0 spiro atoms. The second-order valence-electron chi connectivity index (χ2n) is 4.53. The van der Waals surface area contributed by atoms with Gasteiger partial charge in [0.15, 0.2) is 0 Å². The van der Waals surface area contributed by atoms with E-state index in [2.05, 4.69) is 4.98 Å². The van der Waals surface area contributed by atoms with Gasteiger partial charge in [-0.25, -0.2) is 4.79 Å². The van der Waals surface area contributed by atoms with Crippen molar-refractivity contribution in [2.45, 2.75) is 20.5 Å². The molecule has 0 aliphatic heterocycles. The summed E-state index contributed by atoms with van der Waals surface area (Å²) < 4.78 is 10.6. The van der Waals surface area contributed by atoms with Gasteiger partial charge in [0.25, 0.3) is 0 Å². The number of pyridine rings is 1. The van der Waals surface area contributed by atoms with Crippen LogP contribution in [0.5, 0.6) is 5.75 Å². The molecule has 0 fully saturated rings. The van der Waals surface area contributed by atoms with Crippen molar-refractivity contribution in [1.29, 1.82) is 0 Å². The molecule has 110 valence electrons. The molecule has 0 atom stereocenters. The third-order valence-corrected chi connectivity index (χ3v) is 2.84. The summed E-state index contributed by atoms with van der Waals surface area (Å²) >= 11 is 0. The zero-order chi connectivity index (χ0) is 15.2. The third kappa shape index (κ3) is 3.95. The lowest BCUT2D eigenvalue weighted by Gasteiger charge is -2.09. The van der Waals surface area contributed by atoms with E-state index in [4.69, 9.17) is 15.2 Å². The van der Waals surface area contributed by atoms with Crippen LogP contribution in [0.15, 0.2) is 36.4 Å². The van der Waals surface area contributed by atoms with Crippen LogP contribution in [0, 0.1) is 6.92 Å². The van der Waals surface area contributed by atoms with Gasteiger partial charge in [-0.1, -0.05) is 6.07 Å². The van der Waals surface area contributed by atoms with Crippen molar-refractivity contribution in [2.24, 2.45) is 0 Å². The topological polar surface area (TPSA) is 74.4 Å². The van der Waals surface area contributed by atoms with Gasteiger partial charge in [-0.15, -0.1) is 0 Å². The summed E-state index contributed by atoms with van der Waals surface area (Å²) in [6.07, 6.45) is 0. The van der Waals surface area contributed by atoms with E-state index in [0.29, 0.717) is 29.3 Å². The lowest BCUT2D eigenvalue weighted by molar-refractivity contribution is 0.0467. The van der Waals surface area contributed by atoms with E-state index in [1.165, 1.54) is 0 Å². The second-order valence-corrected chi connectivity index (χ2v) is 4.53. The number of anilines is 1. The number of nitrogen functional groups attached to an aromatic ring is 1. The Kier molecular flexibility index (Phi) is 4.77. The number of hydrogen-bond acceptors (Lipinski definition) is 5. The zero-order valence-corrected chi connectivity index (χ0v) is 12.1. The molecule has 0 bridgehead atoms. The Hall–Kier alpha value is -2.56. The van der Waals surface area contributed by atoms with Crippen LogP contribution in [0.25, 0.3) is 0 Å². The van der Waals surface area contributed by atoms with Crippen LogP contribution in [0.4, 0.5) is 5.69 Å². The maximum atomic E-state index is 12.0. The lowest BCUT2D eigenvalue weighted by Crippen LogP contribution is -2.07. The van der Waals surface area contributed by atoms with Crippen molar-refractivity contribution < 1.29 is 14.3 Å². The van der Waals surface area contributed by atoms with Crippen molar-refractivity contribution in [3.05, 3.63) is 53.3 Å². The minimum Gasteiger partial charge on any atom is -0.492 e. The van der Waals surface area contributed by atoms with Gasteiger partial charge < -0.3 is 15.2 Å². The van der Waals surface area contributed by atoms with E-state index < -0.39 is 5.97 Å². The molecule has 2 rings (SSSR count). The van der Waals surface area contributed by atoms with Gasteiger partial charge in [-0.3, -0.25) is 4.98 Å². The molecule has 21 heavy (non-hydrogen) atoms. The van der Waals surface area contributed by atoms with Gasteiger partial charge in [0.1, 0.15) is 12.4 Å². The summed E-state index contributed by atoms with van der Waals surface area (Å²) in [4.78, 5) is 16.3. The lowest BCUT2D eigenvalue weighted by atomic mass is 10.2. The minimum atomic E-state index is -0.437. The van der Waals surface area contributed by atoms with Crippen LogP contribution in [-0.4, -0.2) is 17.6 Å². The highest BCUT2D eigenvalue weighted by molar-refractivity contribution is 5.91. The highest BCUT2D eigenvalue weighted by Crippen LogP contribution is 2.23. The Morgan fingerprint density at radius 2 is 2.10 bits per heavy atom. The molecule has 0 saturated heterocycles. The van der Waals surface area contributed by atoms with Gasteiger partial charge in [-0.2, -0.15) is 0 Å². The number of carbonyl (C=O) groups is 1. The zero-order valence-electron chi connectivity index (χ0n) is 12.1. The fourth-order valence-corrected chi connectivity index (χ4v) is 1.87. The van der Waals surface area contributed by atoms with Crippen LogP contribution in [0.3, 0.4) is 0 Å². The first-order chi connectivity index (χ1) is 10.1. The quantitative estimate of drug-likeness (QED) is 0.675. The van der Waals surface area contributed by atoms with Crippen LogP contribution < -0.4 is 10.5 Å². The summed E-state index contributed by atoms with van der Waals surface area (Å²) in [5.74, 6) is 0.127. The molecule has 0 saturated carbocycles. The number of carbonyl (C=O) groups excluding carboxylic acids is 1. The molecule has 0 unspecified atom stereocenters. The molecule has 0 aliphatic rings. The maximum Gasteiger partial charge on any atom is 0.338 e. The fourth-order valence-electron chi connectivity index (χ4n) is 1.87. The number of nitrogens with two attached hydrogens (primary N) is 1. The number of benzene rings is 1. The van der Waals surface area contributed by atoms with Crippen LogP contribution in [-0.2, 0) is 11.3 Å². The summed E-state index contributed by atoms with van der Waals surface area (Å²) in [7, 11) is 0. The van der Waals surface area contributed by atoms with Gasteiger partial charge in [0.05, 0.1) is 23.6 Å². The average molecular weight is 286 g/mol. The Morgan fingerprint density at radius 1 is 1.29 bits per heavy atom. The summed E-state index contributed by atoms with van der Waals surface area (Å²) in [6.45, 7) is 4.41. The average Bonchev–Trinajstić information content (AvgIpc) is 2.47. The molecule has 1 aromatic carbocycles. The van der Waals surface area contributed by atoms with Crippen LogP contribution in [0.2, 0.25) is 0 Å². The molecular weight excluding hydrogens is 268 g/mol. The standard InChI is InChI=1S/C16H18N2O3/c1-3-20-15-8-7-12(9-14(15)17)16(19)21-10-13-6-4-5-11(2)18-13/h4-9H,3,10,17H2,1-2H3. The minimum absolute atomic E-state index is 0.133. The molecule has 0 radical (unpaired) electrons. The number of ether oxygens (including phenoxy) is 2. The SMILES string of the molecule is CCOc1ccc(C(=O)OCc2cccc(C)n2)cc1N. The van der Waals surface area contributed by atoms with Crippen molar-refractivity contribution in [3.63, 3.8) is 0 Å². The number of nitrogens with zero attached hydrogens (tertiary/aromatic N) is 1. The van der Waals surface area contributed by atoms with Gasteiger partial charge in [-0.05, 0) is 44.2 Å². The predicted molar refractivity (Wildman–Crippen MR) is 80.1 cm³/mol. The van der Waals surface area contributed by atoms with Crippen molar-refractivity contribution in [2.75, 3.05) is 12.3 Å². The third-order valence-electron chi connectivity index (χ3n) is 2.84. The van der Waals surface area contributed by atoms with E-state index in [1.807, 2.05) is 32.0 Å². The Morgan fingerprint density at radius 3 is 2.76 bits per heavy atom. The van der Waals surface area contributed by atoms with Crippen molar-refractivity contribution >= 4 is 11.7 Å². The highest BCUT2D eigenvalue weighted by atomic mass is 16.5. The smallest absolute Gasteiger partial charge is 0.338 e. The van der Waals surface area contributed by atoms with Crippen LogP contribution >= 0.6 is 0 Å². The predicted octanol–water partition coefficient (Wildman–Crippen LogP) is 2.73. The summed E-state index contributed by atoms with van der Waals surface area (Å²) in [5.41, 5.74) is 8.23. The first-order valence-corrected chi connectivity index (χ1v) is 6.72. The molecule has 0 amide bonds. The Labute approximate surface area is 123 Å². The van der Waals surface area contributed by atoms with Crippen molar-refractivity contribution in [3.8, 4) is 5.75 Å². The number of aromatic nitrogens is 1. The number of aryl methyl sites for hydroxylation is 1. The van der Waals surface area contributed by atoms with E-state index in [1.54, 1.807) is 18.2 Å². The molecule has 2 N–H and O–H groups in total. The largest absolute Gasteiger partial charge is 0.492 e. The molecule has 5 heteroatoms. The van der Waals surface area contributed by atoms with E-state index >= 15 is 0 Å². The normalized spacial score (nSPS) is 10.2. The number of rotatable bonds is 5. The Bertz CT molecular complexity index is 641.